The molecule has 1 aliphatic heterocycles. The van der Waals surface area contributed by atoms with Gasteiger partial charge in [0.05, 0.1) is 19.8 Å². The van der Waals surface area contributed by atoms with E-state index in [1.54, 1.807) is 24.3 Å². The number of aliphatic hydroxyl groups excluding tert-OH is 1. The van der Waals surface area contributed by atoms with E-state index in [9.17, 15) is 14.7 Å². The summed E-state index contributed by atoms with van der Waals surface area (Å²) in [5.41, 5.74) is 1.00. The molecule has 9 heteroatoms. The van der Waals surface area contributed by atoms with Gasteiger partial charge in [-0.3, -0.25) is 9.59 Å². The lowest BCUT2D eigenvalue weighted by Crippen LogP contribution is -2.33. The number of carbonyl (C=O) groups is 2. The first-order valence-electron chi connectivity index (χ1n) is 9.10. The zero-order chi connectivity index (χ0) is 19.8. The van der Waals surface area contributed by atoms with Crippen LogP contribution in [0, 0.1) is 11.8 Å². The van der Waals surface area contributed by atoms with Gasteiger partial charge in [0.2, 0.25) is 0 Å². The number of nitrogens with zero attached hydrogens (tertiary/aromatic N) is 2. The predicted molar refractivity (Wildman–Crippen MR) is 101 cm³/mol. The highest BCUT2D eigenvalue weighted by molar-refractivity contribution is 6.30. The SMILES string of the molecule is CNC(=O)c1cc(C(=O)N[C@H]2[C@@H]3COC[C@@H]32)n([C@H](CO)c2cccc(Cl)c2)n1. The molecule has 0 unspecified atom stereocenters. The van der Waals surface area contributed by atoms with Gasteiger partial charge in [-0.25, -0.2) is 4.68 Å². The lowest BCUT2D eigenvalue weighted by Gasteiger charge is -2.18. The summed E-state index contributed by atoms with van der Waals surface area (Å²) in [5.74, 6) is -0.0459. The monoisotopic (exact) mass is 404 g/mol. The van der Waals surface area contributed by atoms with E-state index < -0.39 is 11.9 Å². The van der Waals surface area contributed by atoms with E-state index >= 15 is 0 Å². The molecule has 148 valence electrons. The van der Waals surface area contributed by atoms with Crippen LogP contribution in [-0.2, 0) is 4.74 Å². The first-order valence-corrected chi connectivity index (χ1v) is 9.47. The Kier molecular flexibility index (Phi) is 5.09. The van der Waals surface area contributed by atoms with E-state index in [0.29, 0.717) is 35.6 Å². The van der Waals surface area contributed by atoms with Crippen molar-refractivity contribution < 1.29 is 19.4 Å². The molecule has 0 bridgehead atoms. The Morgan fingerprint density at radius 3 is 2.71 bits per heavy atom. The molecule has 28 heavy (non-hydrogen) atoms. The Balaban J connectivity index is 1.67. The predicted octanol–water partition coefficient (Wildman–Crippen LogP) is 0.852. The summed E-state index contributed by atoms with van der Waals surface area (Å²) in [6, 6.07) is 7.84. The number of benzene rings is 1. The van der Waals surface area contributed by atoms with E-state index in [2.05, 4.69) is 15.7 Å². The Morgan fingerprint density at radius 1 is 1.32 bits per heavy atom. The van der Waals surface area contributed by atoms with Crippen LogP contribution in [0.15, 0.2) is 30.3 Å². The molecule has 1 aromatic carbocycles. The van der Waals surface area contributed by atoms with Gasteiger partial charge in [-0.1, -0.05) is 23.7 Å². The second-order valence-electron chi connectivity index (χ2n) is 7.06. The van der Waals surface area contributed by atoms with Gasteiger partial charge in [-0.15, -0.1) is 0 Å². The minimum Gasteiger partial charge on any atom is -0.394 e. The molecule has 4 rings (SSSR count). The summed E-state index contributed by atoms with van der Waals surface area (Å²) >= 11 is 6.08. The first kappa shape index (κ1) is 18.9. The fourth-order valence-electron chi connectivity index (χ4n) is 3.76. The van der Waals surface area contributed by atoms with Gasteiger partial charge in [0.1, 0.15) is 11.7 Å². The summed E-state index contributed by atoms with van der Waals surface area (Å²) < 4.78 is 6.74. The van der Waals surface area contributed by atoms with E-state index in [4.69, 9.17) is 16.3 Å². The van der Waals surface area contributed by atoms with Crippen LogP contribution in [0.1, 0.15) is 32.6 Å². The van der Waals surface area contributed by atoms with Crippen LogP contribution in [0.3, 0.4) is 0 Å². The number of ether oxygens (including phenoxy) is 1. The number of rotatable bonds is 6. The van der Waals surface area contributed by atoms with Crippen molar-refractivity contribution in [2.75, 3.05) is 26.9 Å². The molecule has 2 fully saturated rings. The zero-order valence-corrected chi connectivity index (χ0v) is 16.0. The summed E-state index contributed by atoms with van der Waals surface area (Å²) in [6.07, 6.45) is 0. The summed E-state index contributed by atoms with van der Waals surface area (Å²) in [6.45, 7) is 0.998. The molecule has 0 spiro atoms. The summed E-state index contributed by atoms with van der Waals surface area (Å²) in [4.78, 5) is 25.0. The number of amides is 2. The third-order valence-corrected chi connectivity index (χ3v) is 5.61. The minimum absolute atomic E-state index is 0.0757. The molecule has 2 aliphatic rings. The topological polar surface area (TPSA) is 105 Å². The molecule has 4 atom stereocenters. The Hall–Kier alpha value is -2.42. The maximum atomic E-state index is 12.9. The summed E-state index contributed by atoms with van der Waals surface area (Å²) in [7, 11) is 1.49. The van der Waals surface area contributed by atoms with Crippen LogP contribution in [-0.4, -0.2) is 59.6 Å². The highest BCUT2D eigenvalue weighted by atomic mass is 35.5. The van der Waals surface area contributed by atoms with Crippen LogP contribution >= 0.6 is 11.6 Å². The van der Waals surface area contributed by atoms with Crippen LogP contribution in [0.25, 0.3) is 0 Å². The highest BCUT2D eigenvalue weighted by Gasteiger charge is 2.55. The quantitative estimate of drug-likeness (QED) is 0.662. The number of nitrogens with one attached hydrogen (secondary N) is 2. The molecule has 8 nitrogen and oxygen atoms in total. The third-order valence-electron chi connectivity index (χ3n) is 5.38. The Morgan fingerprint density at radius 2 is 2.07 bits per heavy atom. The molecular formula is C19H21ClN4O4. The largest absolute Gasteiger partial charge is 0.394 e. The second-order valence-corrected chi connectivity index (χ2v) is 7.49. The number of carbonyl (C=O) groups excluding carboxylic acids is 2. The number of hydrogen-bond acceptors (Lipinski definition) is 5. The van der Waals surface area contributed by atoms with Gasteiger partial charge in [0, 0.05) is 36.0 Å². The van der Waals surface area contributed by atoms with Gasteiger partial charge in [-0.05, 0) is 17.7 Å². The van der Waals surface area contributed by atoms with Gasteiger partial charge < -0.3 is 20.5 Å². The Bertz CT molecular complexity index is 905. The van der Waals surface area contributed by atoms with Crippen LogP contribution < -0.4 is 10.6 Å². The van der Waals surface area contributed by atoms with Crippen molar-refractivity contribution in [3.63, 3.8) is 0 Å². The molecule has 0 radical (unpaired) electrons. The van der Waals surface area contributed by atoms with Crippen molar-refractivity contribution in [3.05, 3.63) is 52.3 Å². The maximum absolute atomic E-state index is 12.9. The molecule has 2 aromatic rings. The molecule has 1 aromatic heterocycles. The minimum atomic E-state index is -0.653. The number of halogens is 1. The zero-order valence-electron chi connectivity index (χ0n) is 15.3. The van der Waals surface area contributed by atoms with Crippen molar-refractivity contribution in [1.82, 2.24) is 20.4 Å². The number of fused-ring (bicyclic) bond motifs is 1. The van der Waals surface area contributed by atoms with E-state index in [1.807, 2.05) is 0 Å². The fraction of sp³-hybridized carbons (Fsp3) is 0.421. The van der Waals surface area contributed by atoms with Crippen LogP contribution in [0.5, 0.6) is 0 Å². The van der Waals surface area contributed by atoms with Crippen molar-refractivity contribution in [3.8, 4) is 0 Å². The van der Waals surface area contributed by atoms with Crippen molar-refractivity contribution in [2.45, 2.75) is 12.1 Å². The molecule has 3 N–H and O–H groups in total. The van der Waals surface area contributed by atoms with Crippen molar-refractivity contribution >= 4 is 23.4 Å². The number of aromatic nitrogens is 2. The van der Waals surface area contributed by atoms with Gasteiger partial charge >= 0.3 is 0 Å². The Labute approximate surface area is 166 Å². The number of aliphatic hydroxyl groups is 1. The lowest BCUT2D eigenvalue weighted by molar-refractivity contribution is 0.0912. The molecular weight excluding hydrogens is 384 g/mol. The fourth-order valence-corrected chi connectivity index (χ4v) is 3.96. The highest BCUT2D eigenvalue weighted by Crippen LogP contribution is 2.44. The normalized spacial score (nSPS) is 23.8. The molecule has 1 saturated carbocycles. The summed E-state index contributed by atoms with van der Waals surface area (Å²) in [5, 5.41) is 20.3. The van der Waals surface area contributed by atoms with Crippen LogP contribution in [0.4, 0.5) is 0 Å². The van der Waals surface area contributed by atoms with Gasteiger partial charge in [-0.2, -0.15) is 5.10 Å². The molecule has 2 heterocycles. The maximum Gasteiger partial charge on any atom is 0.271 e. The average Bonchev–Trinajstić information content (AvgIpc) is 3.08. The number of hydrogen-bond donors (Lipinski definition) is 3. The van der Waals surface area contributed by atoms with E-state index in [0.717, 1.165) is 0 Å². The molecule has 2 amide bonds. The van der Waals surface area contributed by atoms with Crippen LogP contribution in [0.2, 0.25) is 5.02 Å². The smallest absolute Gasteiger partial charge is 0.271 e. The molecule has 1 saturated heterocycles. The van der Waals surface area contributed by atoms with E-state index in [-0.39, 0.29) is 29.9 Å². The lowest BCUT2D eigenvalue weighted by atomic mass is 10.1. The average molecular weight is 405 g/mol. The first-order chi connectivity index (χ1) is 13.5. The van der Waals surface area contributed by atoms with Crippen molar-refractivity contribution in [1.29, 1.82) is 0 Å². The third kappa shape index (κ3) is 3.39. The standard InChI is InChI=1S/C19H21ClN4O4/c1-21-18(26)14-6-15(19(27)22-17-12-8-28-9-13(12)17)24(23-14)16(7-25)10-3-2-4-11(20)5-10/h2-6,12-13,16-17,25H,7-9H2,1H3,(H,21,26)(H,22,27)/t12-,13+,16-,17+/m1/s1. The van der Waals surface area contributed by atoms with Crippen molar-refractivity contribution in [2.24, 2.45) is 11.8 Å². The van der Waals surface area contributed by atoms with E-state index in [1.165, 1.54) is 17.8 Å². The molecule has 1 aliphatic carbocycles. The second kappa shape index (κ2) is 7.54. The van der Waals surface area contributed by atoms with Gasteiger partial charge in [0.15, 0.2) is 5.69 Å². The van der Waals surface area contributed by atoms with Gasteiger partial charge in [0.25, 0.3) is 11.8 Å².